The number of thiazole rings is 1. The van der Waals surface area contributed by atoms with E-state index in [9.17, 15) is 24.3 Å². The first-order valence-electron chi connectivity index (χ1n) is 21.2. The van der Waals surface area contributed by atoms with Crippen molar-refractivity contribution >= 4 is 35.0 Å². The quantitative estimate of drug-likeness (QED) is 0.0455. The van der Waals surface area contributed by atoms with E-state index >= 15 is 0 Å². The van der Waals surface area contributed by atoms with Gasteiger partial charge in [-0.2, -0.15) is 0 Å². The van der Waals surface area contributed by atoms with Gasteiger partial charge in [0.05, 0.1) is 27.7 Å². The van der Waals surface area contributed by atoms with Crippen molar-refractivity contribution in [3.05, 3.63) is 111 Å². The fourth-order valence-corrected chi connectivity index (χ4v) is 8.43. The van der Waals surface area contributed by atoms with Crippen LogP contribution in [0.1, 0.15) is 136 Å². The van der Waals surface area contributed by atoms with Crippen LogP contribution in [0, 0.1) is 6.92 Å². The summed E-state index contributed by atoms with van der Waals surface area (Å²) in [6.07, 6.45) is 11.5. The minimum atomic E-state index is -0.411. The number of amides is 4. The molecule has 6 rings (SSSR count). The fraction of sp³-hybridized carbons (Fsp3) is 0.404. The maximum atomic E-state index is 13.2. The number of hydrogen-bond acceptors (Lipinski definition) is 10. The van der Waals surface area contributed by atoms with E-state index in [2.05, 4.69) is 26.1 Å². The van der Waals surface area contributed by atoms with Gasteiger partial charge in [0.2, 0.25) is 5.91 Å². The summed E-state index contributed by atoms with van der Waals surface area (Å²) in [4.78, 5) is 57.8. The molecule has 0 unspecified atom stereocenters. The second kappa shape index (κ2) is 21.6. The van der Waals surface area contributed by atoms with Gasteiger partial charge in [-0.15, -0.1) is 11.3 Å². The van der Waals surface area contributed by atoms with E-state index in [1.54, 1.807) is 31.5 Å². The van der Waals surface area contributed by atoms with Crippen molar-refractivity contribution in [1.82, 2.24) is 31.0 Å². The Morgan fingerprint density at radius 2 is 1.52 bits per heavy atom. The van der Waals surface area contributed by atoms with E-state index < -0.39 is 5.91 Å². The molecule has 322 valence electrons. The molecule has 14 heteroatoms. The van der Waals surface area contributed by atoms with Gasteiger partial charge >= 0.3 is 0 Å². The Kier molecular flexibility index (Phi) is 15.8. The lowest BCUT2D eigenvalue weighted by molar-refractivity contribution is -0.121. The maximum Gasteiger partial charge on any atom is 0.273 e. The van der Waals surface area contributed by atoms with E-state index in [1.165, 1.54) is 35.9 Å². The minimum Gasteiger partial charge on any atom is -0.507 e. The average molecular weight is 848 g/mol. The number of aromatic nitrogens is 2. The third-order valence-corrected chi connectivity index (χ3v) is 12.1. The summed E-state index contributed by atoms with van der Waals surface area (Å²) in [5.74, 6) is -0.809. The largest absolute Gasteiger partial charge is 0.507 e. The van der Waals surface area contributed by atoms with Crippen molar-refractivity contribution in [3.63, 3.8) is 0 Å². The van der Waals surface area contributed by atoms with Crippen LogP contribution in [0.4, 0.5) is 0 Å². The molecule has 1 aliphatic carbocycles. The van der Waals surface area contributed by atoms with Crippen LogP contribution in [0.25, 0.3) is 21.8 Å². The number of nitrogens with one attached hydrogen (secondary N) is 3. The molecule has 3 aromatic carbocycles. The number of phenolic OH excluding ortho intramolecular Hbond substituents is 1. The van der Waals surface area contributed by atoms with Gasteiger partial charge in [0, 0.05) is 56.8 Å². The topological polar surface area (TPSA) is 193 Å². The number of benzene rings is 3. The number of carbonyl (C=O) groups excluding carboxylic acids is 4. The zero-order valence-corrected chi connectivity index (χ0v) is 36.1. The molecule has 4 amide bonds. The van der Waals surface area contributed by atoms with Crippen LogP contribution in [0.15, 0.2) is 76.8 Å². The molecule has 0 aliphatic heterocycles. The van der Waals surface area contributed by atoms with E-state index in [0.717, 1.165) is 84.2 Å². The summed E-state index contributed by atoms with van der Waals surface area (Å²) < 4.78 is 5.40. The van der Waals surface area contributed by atoms with Crippen LogP contribution in [0.2, 0.25) is 0 Å². The number of nitrogens with zero attached hydrogens (tertiary/aromatic N) is 3. The van der Waals surface area contributed by atoms with Gasteiger partial charge in [0.25, 0.3) is 17.7 Å². The predicted molar refractivity (Wildman–Crippen MR) is 237 cm³/mol. The third-order valence-electron chi connectivity index (χ3n) is 11.2. The molecule has 2 atom stereocenters. The van der Waals surface area contributed by atoms with Gasteiger partial charge in [-0.25, -0.2) is 4.98 Å². The highest BCUT2D eigenvalue weighted by molar-refractivity contribution is 7.13. The van der Waals surface area contributed by atoms with Crippen molar-refractivity contribution in [2.75, 3.05) is 27.2 Å². The number of hydrogen-bond donors (Lipinski definition) is 5. The molecule has 6 N–H and O–H groups in total. The van der Waals surface area contributed by atoms with Crippen molar-refractivity contribution in [2.45, 2.75) is 96.1 Å². The summed E-state index contributed by atoms with van der Waals surface area (Å²) in [5.41, 5.74) is 14.5. The number of unbranched alkanes of at least 4 members (excludes halogenated alkanes) is 8. The first-order chi connectivity index (χ1) is 29.5. The van der Waals surface area contributed by atoms with E-state index in [0.29, 0.717) is 30.6 Å². The number of rotatable bonds is 21. The number of aromatic hydroxyl groups is 1. The molecule has 0 saturated carbocycles. The Bertz CT molecular complexity index is 2280. The molecule has 0 spiro atoms. The first kappa shape index (κ1) is 44.7. The van der Waals surface area contributed by atoms with Crippen LogP contribution >= 0.6 is 11.3 Å². The van der Waals surface area contributed by atoms with Gasteiger partial charge < -0.3 is 36.2 Å². The summed E-state index contributed by atoms with van der Waals surface area (Å²) in [6.45, 7) is 3.27. The van der Waals surface area contributed by atoms with Crippen LogP contribution in [0.3, 0.4) is 0 Å². The van der Waals surface area contributed by atoms with Crippen LogP contribution in [0.5, 0.6) is 5.75 Å². The van der Waals surface area contributed by atoms with Crippen LogP contribution < -0.4 is 21.7 Å². The Morgan fingerprint density at radius 3 is 2.18 bits per heavy atom. The van der Waals surface area contributed by atoms with E-state index in [1.807, 2.05) is 54.9 Å². The van der Waals surface area contributed by atoms with Crippen molar-refractivity contribution in [1.29, 1.82) is 0 Å². The highest BCUT2D eigenvalue weighted by Crippen LogP contribution is 2.33. The monoisotopic (exact) mass is 847 g/mol. The number of aryl methyl sites for hydroxylation is 2. The van der Waals surface area contributed by atoms with Crippen molar-refractivity contribution < 1.29 is 28.8 Å². The molecule has 61 heavy (non-hydrogen) atoms. The van der Waals surface area contributed by atoms with Crippen molar-refractivity contribution in [2.24, 2.45) is 5.73 Å². The maximum absolute atomic E-state index is 13.2. The van der Waals surface area contributed by atoms with Crippen molar-refractivity contribution in [3.8, 4) is 27.5 Å². The number of nitrogens with two attached hydrogens (primary N) is 1. The molecule has 0 radical (unpaired) electrons. The van der Waals surface area contributed by atoms with Crippen LogP contribution in [-0.2, 0) is 11.2 Å². The molecule has 2 heterocycles. The van der Waals surface area contributed by atoms with Crippen LogP contribution in [-0.4, -0.2) is 71.0 Å². The molecule has 1 aliphatic rings. The van der Waals surface area contributed by atoms with Gasteiger partial charge in [0.15, 0.2) is 11.5 Å². The average Bonchev–Trinajstić information content (AvgIpc) is 4.02. The molecule has 2 aromatic heterocycles. The predicted octanol–water partition coefficient (Wildman–Crippen LogP) is 8.05. The summed E-state index contributed by atoms with van der Waals surface area (Å²) in [7, 11) is 3.20. The van der Waals surface area contributed by atoms with Gasteiger partial charge in [-0.1, -0.05) is 86.5 Å². The number of phenols is 1. The molecular weight excluding hydrogens is 791 g/mol. The lowest BCUT2D eigenvalue weighted by Crippen LogP contribution is -2.28. The summed E-state index contributed by atoms with van der Waals surface area (Å²) in [5, 5.41) is 23.4. The minimum absolute atomic E-state index is 0.0160. The Morgan fingerprint density at radius 1 is 0.852 bits per heavy atom. The first-order valence-corrected chi connectivity index (χ1v) is 22.1. The third kappa shape index (κ3) is 12.1. The van der Waals surface area contributed by atoms with Gasteiger partial charge in [-0.05, 0) is 79.1 Å². The highest BCUT2D eigenvalue weighted by Gasteiger charge is 2.27. The van der Waals surface area contributed by atoms with Gasteiger partial charge in [-0.3, -0.25) is 19.2 Å². The summed E-state index contributed by atoms with van der Waals surface area (Å²) in [6, 6.07) is 19.2. The molecular formula is C47H57N7O6S. The summed E-state index contributed by atoms with van der Waals surface area (Å²) >= 11 is 1.62. The second-order valence-electron chi connectivity index (χ2n) is 16.0. The SMILES string of the molecule is Cc1ncsc1-c1ccc([C@@H](N)CC(=O)NCCCCCCCCCCCNC(=O)c2ccc3c(c2)[C@H](NC(=O)c2cc(-c4ccc(C(=O)N(C)C)c(O)c4)on2)CC3)cc1. The Labute approximate surface area is 361 Å². The molecule has 0 saturated heterocycles. The Balaban J connectivity index is 0.808. The highest BCUT2D eigenvalue weighted by atomic mass is 32.1. The van der Waals surface area contributed by atoms with Gasteiger partial charge in [0.1, 0.15) is 5.75 Å². The molecule has 13 nitrogen and oxygen atoms in total. The standard InChI is InChI=1S/C47H57N7O6S/c1-30-44(61-29-51-30)33-16-14-32(15-17-33)38(48)27-43(56)49-23-11-9-7-5-4-6-8-10-12-24-50-45(57)35-18-13-31-20-22-39(37(31)25-35)52-46(58)40-28-42(60-53-40)34-19-21-36(41(55)26-34)47(59)54(2)3/h13-19,21,25-26,28-29,38-39,55H,4-12,20,22-24,27,48H2,1-3H3,(H,49,56)(H,50,57)(H,52,58)/t38-,39+/m0/s1. The molecule has 5 aromatic rings. The zero-order valence-electron chi connectivity index (χ0n) is 35.3. The van der Waals surface area contributed by atoms with E-state index in [4.69, 9.17) is 10.3 Å². The molecule has 0 bridgehead atoms. The second-order valence-corrected chi connectivity index (χ2v) is 16.8. The smallest absolute Gasteiger partial charge is 0.273 e. The Hall–Kier alpha value is -5.86. The number of carbonyl (C=O) groups is 4. The lowest BCUT2D eigenvalue weighted by atomic mass is 10.0. The fourth-order valence-electron chi connectivity index (χ4n) is 7.62. The normalized spacial score (nSPS) is 13.7. The molecule has 0 fully saturated rings. The van der Waals surface area contributed by atoms with E-state index in [-0.39, 0.29) is 59.0 Å². The number of fused-ring (bicyclic) bond motifs is 1. The zero-order chi connectivity index (χ0) is 43.3. The lowest BCUT2D eigenvalue weighted by Gasteiger charge is -2.14.